The first-order valence-electron chi connectivity index (χ1n) is 5.67. The predicted octanol–water partition coefficient (Wildman–Crippen LogP) is 1.61. The lowest BCUT2D eigenvalue weighted by Gasteiger charge is -2.10. The third-order valence-electron chi connectivity index (χ3n) is 2.07. The van der Waals surface area contributed by atoms with Crippen LogP contribution < -0.4 is 0 Å². The number of hydrogen-bond donors (Lipinski definition) is 0. The summed E-state index contributed by atoms with van der Waals surface area (Å²) < 4.78 is 5.50. The van der Waals surface area contributed by atoms with Crippen molar-refractivity contribution >= 4 is 16.0 Å². The fourth-order valence-corrected chi connectivity index (χ4v) is 2.05. The van der Waals surface area contributed by atoms with Gasteiger partial charge in [0.25, 0.3) is 0 Å². The van der Waals surface area contributed by atoms with E-state index in [0.29, 0.717) is 5.73 Å². The number of nitrogens with zero attached hydrogens (tertiary/aromatic N) is 1. The van der Waals surface area contributed by atoms with Crippen LogP contribution in [0.25, 0.3) is 0 Å². The molecule has 0 aromatic heterocycles. The summed E-state index contributed by atoms with van der Waals surface area (Å²) in [6.45, 7) is 10.4. The van der Waals surface area contributed by atoms with Crippen LogP contribution in [0, 0.1) is 5.92 Å². The molecule has 0 rings (SSSR count). The summed E-state index contributed by atoms with van der Waals surface area (Å²) in [4.78, 5) is 4.55. The molecule has 0 bridgehead atoms. The molecule has 0 aromatic rings. The third kappa shape index (κ3) is 8.45. The van der Waals surface area contributed by atoms with Gasteiger partial charge >= 0.3 is 0 Å². The van der Waals surface area contributed by atoms with E-state index in [0.717, 1.165) is 42.2 Å². The molecule has 1 atom stereocenters. The van der Waals surface area contributed by atoms with Gasteiger partial charge in [0, 0.05) is 34.8 Å². The largest absolute Gasteiger partial charge is 0.383 e. The second-order valence-electron chi connectivity index (χ2n) is 4.27. The molecule has 0 aliphatic rings. The summed E-state index contributed by atoms with van der Waals surface area (Å²) in [5, 5.41) is 0. The Bertz CT molecular complexity index is 169. The van der Waals surface area contributed by atoms with Crippen molar-refractivity contribution < 1.29 is 4.74 Å². The minimum atomic E-state index is 0.482. The van der Waals surface area contributed by atoms with Crippen molar-refractivity contribution in [2.75, 3.05) is 13.2 Å². The second kappa shape index (κ2) is 8.18. The first-order valence-corrected chi connectivity index (χ1v) is 6.83. The van der Waals surface area contributed by atoms with E-state index in [9.17, 15) is 0 Å². The maximum Gasteiger partial charge on any atom is 0.0436 e. The maximum atomic E-state index is 5.50. The van der Waals surface area contributed by atoms with Gasteiger partial charge in [0.15, 0.2) is 0 Å². The molecule has 0 spiro atoms. The molecule has 0 radical (unpaired) electrons. The van der Waals surface area contributed by atoms with E-state index < -0.39 is 0 Å². The zero-order valence-corrected chi connectivity index (χ0v) is 12.3. The monoisotopic (exact) mass is 215 g/mol. The summed E-state index contributed by atoms with van der Waals surface area (Å²) in [6.07, 6.45) is 2.22. The second-order valence-corrected chi connectivity index (χ2v) is 5.56. The van der Waals surface area contributed by atoms with E-state index >= 15 is 0 Å². The fourth-order valence-electron chi connectivity index (χ4n) is 1.46. The molecule has 2 nitrogen and oxygen atoms in total. The van der Waals surface area contributed by atoms with Gasteiger partial charge in [-0.25, -0.2) is 0 Å². The lowest BCUT2D eigenvalue weighted by molar-refractivity contribution is 0.115. The van der Waals surface area contributed by atoms with E-state index in [-0.39, 0.29) is 0 Å². The molecule has 14 heavy (non-hydrogen) atoms. The smallest absolute Gasteiger partial charge is 0.0436 e. The molecule has 0 aliphatic heterocycles. The van der Waals surface area contributed by atoms with Crippen LogP contribution in [0.2, 0.25) is 0 Å². The SMILES string of the molecule is CCOC([SiH3])CCN=C(C)CC(C)C. The number of ether oxygens (including phenoxy) is 1. The highest BCUT2D eigenvalue weighted by molar-refractivity contribution is 6.11. The quantitative estimate of drug-likeness (QED) is 0.467. The Balaban J connectivity index is 3.59. The zero-order valence-electron chi connectivity index (χ0n) is 10.3. The molecule has 0 aliphatic carbocycles. The Labute approximate surface area is 91.6 Å². The molecule has 3 heteroatoms. The van der Waals surface area contributed by atoms with Crippen molar-refractivity contribution in [3.63, 3.8) is 0 Å². The van der Waals surface area contributed by atoms with Crippen LogP contribution in [0.3, 0.4) is 0 Å². The molecule has 1 unspecified atom stereocenters. The van der Waals surface area contributed by atoms with E-state index in [2.05, 4.69) is 32.7 Å². The van der Waals surface area contributed by atoms with Crippen LogP contribution in [0.1, 0.15) is 40.5 Å². The maximum absolute atomic E-state index is 5.50. The number of rotatable bonds is 7. The van der Waals surface area contributed by atoms with Gasteiger partial charge in [-0.1, -0.05) is 13.8 Å². The molecule has 0 saturated carbocycles. The fraction of sp³-hybridized carbons (Fsp3) is 0.909. The van der Waals surface area contributed by atoms with Crippen molar-refractivity contribution in [3.8, 4) is 0 Å². The molecule has 0 N–H and O–H groups in total. The Morgan fingerprint density at radius 1 is 1.43 bits per heavy atom. The van der Waals surface area contributed by atoms with E-state index in [1.54, 1.807) is 0 Å². The molecular formula is C11H25NOSi. The molecule has 84 valence electrons. The normalized spacial score (nSPS) is 15.1. The van der Waals surface area contributed by atoms with Gasteiger partial charge in [0.05, 0.1) is 0 Å². The third-order valence-corrected chi connectivity index (χ3v) is 2.98. The van der Waals surface area contributed by atoms with E-state index in [1.807, 2.05) is 0 Å². The molecule has 0 saturated heterocycles. The lowest BCUT2D eigenvalue weighted by atomic mass is 10.1. The van der Waals surface area contributed by atoms with E-state index in [1.165, 1.54) is 5.71 Å². The van der Waals surface area contributed by atoms with Gasteiger partial charge in [-0.2, -0.15) is 0 Å². The molecular weight excluding hydrogens is 190 g/mol. The van der Waals surface area contributed by atoms with E-state index in [4.69, 9.17) is 4.74 Å². The topological polar surface area (TPSA) is 21.6 Å². The average molecular weight is 215 g/mol. The molecule has 0 heterocycles. The van der Waals surface area contributed by atoms with Gasteiger partial charge in [0.1, 0.15) is 0 Å². The minimum Gasteiger partial charge on any atom is -0.383 e. The summed E-state index contributed by atoms with van der Waals surface area (Å²) in [5.41, 5.74) is 1.76. The number of hydrogen-bond acceptors (Lipinski definition) is 2. The van der Waals surface area contributed by atoms with Gasteiger partial charge < -0.3 is 4.74 Å². The first kappa shape index (κ1) is 13.8. The highest BCUT2D eigenvalue weighted by Gasteiger charge is 2.00. The molecule has 0 amide bonds. The van der Waals surface area contributed by atoms with Crippen molar-refractivity contribution in [2.24, 2.45) is 10.9 Å². The predicted molar refractivity (Wildman–Crippen MR) is 67.4 cm³/mol. The van der Waals surface area contributed by atoms with Crippen LogP contribution in [0.4, 0.5) is 0 Å². The van der Waals surface area contributed by atoms with Crippen molar-refractivity contribution in [1.29, 1.82) is 0 Å². The summed E-state index contributed by atoms with van der Waals surface area (Å²) in [6, 6.07) is 0. The van der Waals surface area contributed by atoms with Crippen LogP contribution in [0.5, 0.6) is 0 Å². The van der Waals surface area contributed by atoms with Crippen LogP contribution in [-0.4, -0.2) is 34.8 Å². The molecule has 0 fully saturated rings. The Morgan fingerprint density at radius 2 is 2.07 bits per heavy atom. The van der Waals surface area contributed by atoms with Crippen molar-refractivity contribution in [1.82, 2.24) is 0 Å². The van der Waals surface area contributed by atoms with Gasteiger partial charge in [-0.15, -0.1) is 0 Å². The van der Waals surface area contributed by atoms with Gasteiger partial charge in [-0.3, -0.25) is 4.99 Å². The van der Waals surface area contributed by atoms with Crippen LogP contribution >= 0.6 is 0 Å². The van der Waals surface area contributed by atoms with Crippen LogP contribution in [-0.2, 0) is 4.74 Å². The lowest BCUT2D eigenvalue weighted by Crippen LogP contribution is -2.14. The highest BCUT2D eigenvalue weighted by atomic mass is 28.1. The summed E-state index contributed by atoms with van der Waals surface area (Å²) in [7, 11) is 1.12. The summed E-state index contributed by atoms with van der Waals surface area (Å²) in [5.74, 6) is 0.720. The highest BCUT2D eigenvalue weighted by Crippen LogP contribution is 2.02. The van der Waals surface area contributed by atoms with Crippen molar-refractivity contribution in [2.45, 2.75) is 46.3 Å². The summed E-state index contributed by atoms with van der Waals surface area (Å²) >= 11 is 0. The van der Waals surface area contributed by atoms with Gasteiger partial charge in [-0.05, 0) is 32.6 Å². The van der Waals surface area contributed by atoms with Crippen LogP contribution in [0.15, 0.2) is 4.99 Å². The Hall–Kier alpha value is -0.153. The Morgan fingerprint density at radius 3 is 2.57 bits per heavy atom. The average Bonchev–Trinajstić information content (AvgIpc) is 2.02. The minimum absolute atomic E-state index is 0.482. The Kier molecular flexibility index (Phi) is 8.09. The molecule has 0 aromatic carbocycles. The number of aliphatic imine (C=N–C) groups is 1. The standard InChI is InChI=1S/C11H25NOSi/c1-5-13-11(14)6-7-12-10(4)8-9(2)3/h9,11H,5-8H2,1-4,14H3. The zero-order chi connectivity index (χ0) is 11.0. The first-order chi connectivity index (χ1) is 6.56. The van der Waals surface area contributed by atoms with Crippen molar-refractivity contribution in [3.05, 3.63) is 0 Å². The van der Waals surface area contributed by atoms with Gasteiger partial charge in [0.2, 0.25) is 0 Å².